The lowest BCUT2D eigenvalue weighted by molar-refractivity contribution is -0.141. The molecule has 138 valence electrons. The maximum atomic E-state index is 11.7. The van der Waals surface area contributed by atoms with Gasteiger partial charge in [-0.1, -0.05) is 41.9 Å². The molecule has 6 heteroatoms. The molecule has 0 unspecified atom stereocenters. The zero-order valence-electron chi connectivity index (χ0n) is 14.8. The normalized spacial score (nSPS) is 20.1. The molecule has 2 atom stereocenters. The zero-order valence-corrected chi connectivity index (χ0v) is 15.6. The summed E-state index contributed by atoms with van der Waals surface area (Å²) in [5, 5.41) is 10.2. The summed E-state index contributed by atoms with van der Waals surface area (Å²) in [5.74, 6) is -0.0440. The molecule has 1 aliphatic rings. The first kappa shape index (κ1) is 18.5. The highest BCUT2D eigenvalue weighted by Gasteiger charge is 2.38. The van der Waals surface area contributed by atoms with Crippen LogP contribution in [0.1, 0.15) is 17.0 Å². The molecule has 0 aliphatic carbocycles. The Labute approximate surface area is 158 Å². The maximum absolute atomic E-state index is 11.7. The fourth-order valence-corrected chi connectivity index (χ4v) is 3.77. The second kappa shape index (κ2) is 7.98. The number of rotatable bonds is 6. The number of nitrogens with zero attached hydrogens (tertiary/aromatic N) is 1. The maximum Gasteiger partial charge on any atom is 0.308 e. The lowest BCUT2D eigenvalue weighted by Crippen LogP contribution is -2.23. The van der Waals surface area contributed by atoms with E-state index in [1.807, 2.05) is 36.4 Å². The molecule has 1 fully saturated rings. The summed E-state index contributed by atoms with van der Waals surface area (Å²) in [5.41, 5.74) is 1.95. The topological polar surface area (TPSA) is 59.0 Å². The van der Waals surface area contributed by atoms with Gasteiger partial charge in [-0.2, -0.15) is 0 Å². The summed E-state index contributed by atoms with van der Waals surface area (Å²) in [7, 11) is 3.15. The van der Waals surface area contributed by atoms with E-state index in [-0.39, 0.29) is 5.92 Å². The number of aliphatic carboxylic acids is 1. The van der Waals surface area contributed by atoms with Gasteiger partial charge in [0, 0.05) is 36.6 Å². The molecule has 0 saturated carbocycles. The average Bonchev–Trinajstić information content (AvgIpc) is 3.08. The first-order valence-corrected chi connectivity index (χ1v) is 8.81. The van der Waals surface area contributed by atoms with E-state index in [2.05, 4.69) is 4.90 Å². The van der Waals surface area contributed by atoms with Crippen LogP contribution in [-0.4, -0.2) is 43.3 Å². The highest BCUT2D eigenvalue weighted by molar-refractivity contribution is 6.31. The number of carboxylic acid groups (broad SMARTS) is 1. The predicted molar refractivity (Wildman–Crippen MR) is 100 cm³/mol. The Bertz CT molecular complexity index is 781. The average molecular weight is 376 g/mol. The molecule has 2 aromatic carbocycles. The third kappa shape index (κ3) is 3.79. The highest BCUT2D eigenvalue weighted by atomic mass is 35.5. The minimum atomic E-state index is -0.764. The third-order valence-corrected chi connectivity index (χ3v) is 5.24. The summed E-state index contributed by atoms with van der Waals surface area (Å²) in [6, 6.07) is 13.4. The Morgan fingerprint density at radius 2 is 1.81 bits per heavy atom. The van der Waals surface area contributed by atoms with Crippen LogP contribution in [0.5, 0.6) is 11.5 Å². The Morgan fingerprint density at radius 1 is 1.15 bits per heavy atom. The van der Waals surface area contributed by atoms with E-state index in [9.17, 15) is 9.90 Å². The van der Waals surface area contributed by atoms with Crippen LogP contribution in [0.4, 0.5) is 0 Å². The van der Waals surface area contributed by atoms with E-state index in [0.29, 0.717) is 36.2 Å². The molecule has 0 aromatic heterocycles. The standard InChI is InChI=1S/C20H22ClNO4/c1-25-18-8-14(17(21)9-19(18)26-2)10-22-11-15(16(12-22)20(23)24)13-6-4-3-5-7-13/h3-9,15-16H,10-12H2,1-2H3,(H,23,24)/t15-,16+/m0/s1. The molecular weight excluding hydrogens is 354 g/mol. The molecular formula is C20H22ClNO4. The molecule has 5 nitrogen and oxygen atoms in total. The van der Waals surface area contributed by atoms with Gasteiger partial charge in [-0.15, -0.1) is 0 Å². The van der Waals surface area contributed by atoms with Gasteiger partial charge in [0.25, 0.3) is 0 Å². The summed E-state index contributed by atoms with van der Waals surface area (Å²) in [6.45, 7) is 1.72. The first-order chi connectivity index (χ1) is 12.5. The van der Waals surface area contributed by atoms with Gasteiger partial charge >= 0.3 is 5.97 Å². The van der Waals surface area contributed by atoms with Gasteiger partial charge in [0.05, 0.1) is 20.1 Å². The number of halogens is 1. The van der Waals surface area contributed by atoms with Gasteiger partial charge < -0.3 is 14.6 Å². The second-order valence-electron chi connectivity index (χ2n) is 6.45. The van der Waals surface area contributed by atoms with E-state index in [0.717, 1.165) is 11.1 Å². The highest BCUT2D eigenvalue weighted by Crippen LogP contribution is 2.37. The number of hydrogen-bond donors (Lipinski definition) is 1. The minimum Gasteiger partial charge on any atom is -0.493 e. The molecule has 0 amide bonds. The van der Waals surface area contributed by atoms with Crippen LogP contribution < -0.4 is 9.47 Å². The summed E-state index contributed by atoms with van der Waals surface area (Å²) < 4.78 is 10.6. The van der Waals surface area contributed by atoms with Crippen LogP contribution in [0.2, 0.25) is 5.02 Å². The number of hydrogen-bond acceptors (Lipinski definition) is 4. The van der Waals surface area contributed by atoms with Gasteiger partial charge in [0.2, 0.25) is 0 Å². The largest absolute Gasteiger partial charge is 0.493 e. The van der Waals surface area contributed by atoms with Crippen LogP contribution in [-0.2, 0) is 11.3 Å². The van der Waals surface area contributed by atoms with Crippen LogP contribution >= 0.6 is 11.6 Å². The van der Waals surface area contributed by atoms with E-state index in [4.69, 9.17) is 21.1 Å². The molecule has 1 saturated heterocycles. The van der Waals surface area contributed by atoms with Crippen molar-refractivity contribution in [1.82, 2.24) is 4.90 Å². The summed E-state index contributed by atoms with van der Waals surface area (Å²) >= 11 is 6.39. The van der Waals surface area contributed by atoms with Crippen LogP contribution in [0.15, 0.2) is 42.5 Å². The lowest BCUT2D eigenvalue weighted by atomic mass is 9.89. The van der Waals surface area contributed by atoms with E-state index in [1.54, 1.807) is 20.3 Å². The molecule has 1 aliphatic heterocycles. The van der Waals surface area contributed by atoms with E-state index < -0.39 is 11.9 Å². The fraction of sp³-hybridized carbons (Fsp3) is 0.350. The van der Waals surface area contributed by atoms with Crippen molar-refractivity contribution in [3.63, 3.8) is 0 Å². The lowest BCUT2D eigenvalue weighted by Gasteiger charge is -2.18. The summed E-state index contributed by atoms with van der Waals surface area (Å²) in [4.78, 5) is 13.9. The smallest absolute Gasteiger partial charge is 0.308 e. The number of methoxy groups -OCH3 is 2. The molecule has 3 rings (SSSR count). The van der Waals surface area contributed by atoms with Crippen molar-refractivity contribution < 1.29 is 19.4 Å². The quantitative estimate of drug-likeness (QED) is 0.835. The van der Waals surface area contributed by atoms with Crippen molar-refractivity contribution >= 4 is 17.6 Å². The molecule has 1 heterocycles. The fourth-order valence-electron chi connectivity index (χ4n) is 3.56. The second-order valence-corrected chi connectivity index (χ2v) is 6.86. The van der Waals surface area contributed by atoms with Crippen molar-refractivity contribution in [3.05, 3.63) is 58.6 Å². The third-order valence-electron chi connectivity index (χ3n) is 4.89. The number of carboxylic acids is 1. The Kier molecular flexibility index (Phi) is 5.69. The van der Waals surface area contributed by atoms with Crippen molar-refractivity contribution in [2.24, 2.45) is 5.92 Å². The van der Waals surface area contributed by atoms with Gasteiger partial charge in [-0.25, -0.2) is 0 Å². The predicted octanol–water partition coefficient (Wildman–Crippen LogP) is 3.66. The molecule has 1 N–H and O–H groups in total. The Morgan fingerprint density at radius 3 is 2.42 bits per heavy atom. The minimum absolute atomic E-state index is 0.0346. The van der Waals surface area contributed by atoms with Gasteiger partial charge in [-0.3, -0.25) is 9.69 Å². The van der Waals surface area contributed by atoms with Crippen molar-refractivity contribution in [2.75, 3.05) is 27.3 Å². The van der Waals surface area contributed by atoms with Crippen molar-refractivity contribution in [2.45, 2.75) is 12.5 Å². The SMILES string of the molecule is COc1cc(Cl)c(CN2C[C@@H](C(=O)O)[C@H](c3ccccc3)C2)cc1OC. The first-order valence-electron chi connectivity index (χ1n) is 8.44. The van der Waals surface area contributed by atoms with Crippen LogP contribution in [0.3, 0.4) is 0 Å². The van der Waals surface area contributed by atoms with Gasteiger partial charge in [0.1, 0.15) is 0 Å². The molecule has 0 radical (unpaired) electrons. The molecule has 0 bridgehead atoms. The number of carbonyl (C=O) groups is 1. The van der Waals surface area contributed by atoms with Gasteiger partial charge in [0.15, 0.2) is 11.5 Å². The van der Waals surface area contributed by atoms with E-state index in [1.165, 1.54) is 0 Å². The van der Waals surface area contributed by atoms with Gasteiger partial charge in [-0.05, 0) is 17.2 Å². The summed E-state index contributed by atoms with van der Waals surface area (Å²) in [6.07, 6.45) is 0. The Hall–Kier alpha value is -2.24. The zero-order chi connectivity index (χ0) is 18.7. The van der Waals surface area contributed by atoms with Crippen LogP contribution in [0.25, 0.3) is 0 Å². The monoisotopic (exact) mass is 375 g/mol. The molecule has 0 spiro atoms. The number of likely N-dealkylation sites (tertiary alicyclic amines) is 1. The number of ether oxygens (including phenoxy) is 2. The Balaban J connectivity index is 1.82. The van der Waals surface area contributed by atoms with Crippen molar-refractivity contribution in [1.29, 1.82) is 0 Å². The molecule has 2 aromatic rings. The number of benzene rings is 2. The van der Waals surface area contributed by atoms with Crippen molar-refractivity contribution in [3.8, 4) is 11.5 Å². The van der Waals surface area contributed by atoms with E-state index >= 15 is 0 Å². The molecule has 26 heavy (non-hydrogen) atoms. The van der Waals surface area contributed by atoms with Crippen LogP contribution in [0, 0.1) is 5.92 Å².